The summed E-state index contributed by atoms with van der Waals surface area (Å²) < 4.78 is 8.68. The second kappa shape index (κ2) is 7.48. The maximum atomic E-state index is 13.8. The molecule has 0 amide bonds. The Morgan fingerprint density at radius 2 is 1.85 bits per heavy atom. The normalized spacial score (nSPS) is 11.6. The van der Waals surface area contributed by atoms with Gasteiger partial charge in [0.25, 0.3) is 5.56 Å². The summed E-state index contributed by atoms with van der Waals surface area (Å²) in [7, 11) is 1.63. The number of rotatable bonds is 4. The number of nitrogen functional groups attached to an aromatic ring is 1. The number of aromatic nitrogens is 5. The van der Waals surface area contributed by atoms with E-state index in [4.69, 9.17) is 15.6 Å². The summed E-state index contributed by atoms with van der Waals surface area (Å²) in [4.78, 5) is 21.4. The van der Waals surface area contributed by atoms with Crippen LogP contribution < -0.4 is 16.0 Å². The van der Waals surface area contributed by atoms with Crippen LogP contribution in [0.2, 0.25) is 0 Å². The third-order valence-electron chi connectivity index (χ3n) is 6.31. The minimum atomic E-state index is -0.178. The van der Waals surface area contributed by atoms with Gasteiger partial charge in [-0.05, 0) is 42.3 Å². The van der Waals surface area contributed by atoms with Gasteiger partial charge in [0.2, 0.25) is 0 Å². The van der Waals surface area contributed by atoms with Crippen LogP contribution in [-0.4, -0.2) is 31.4 Å². The number of H-pyrrole nitrogens is 1. The molecule has 168 valence electrons. The number of nitrogens with one attached hydrogen (secondary N) is 1. The molecular weight excluding hydrogens is 428 g/mol. The first-order chi connectivity index (χ1) is 16.6. The Hall–Kier alpha value is -4.59. The maximum Gasteiger partial charge on any atom is 0.264 e. The van der Waals surface area contributed by atoms with Gasteiger partial charge in [0.1, 0.15) is 22.5 Å². The monoisotopic (exact) mass is 450 g/mol. The van der Waals surface area contributed by atoms with E-state index < -0.39 is 0 Å². The molecule has 3 heterocycles. The van der Waals surface area contributed by atoms with Crippen LogP contribution in [0.5, 0.6) is 5.75 Å². The van der Waals surface area contributed by atoms with E-state index >= 15 is 0 Å². The molecule has 0 saturated heterocycles. The van der Waals surface area contributed by atoms with Crippen molar-refractivity contribution in [2.45, 2.75) is 13.5 Å². The van der Waals surface area contributed by atoms with Crippen molar-refractivity contribution in [3.05, 3.63) is 88.5 Å². The van der Waals surface area contributed by atoms with E-state index in [2.05, 4.69) is 9.97 Å². The molecule has 34 heavy (non-hydrogen) atoms. The molecule has 0 aliphatic rings. The number of methoxy groups -OCH3 is 1. The lowest BCUT2D eigenvalue weighted by molar-refractivity contribution is 0.414. The van der Waals surface area contributed by atoms with Crippen LogP contribution in [0.4, 0.5) is 5.82 Å². The highest BCUT2D eigenvalue weighted by Crippen LogP contribution is 2.31. The molecule has 6 aromatic rings. The number of nitrogens with zero attached hydrogens (tertiary/aromatic N) is 4. The molecule has 6 rings (SSSR count). The number of anilines is 1. The zero-order valence-corrected chi connectivity index (χ0v) is 18.7. The number of imidazole rings is 1. The van der Waals surface area contributed by atoms with Gasteiger partial charge in [-0.25, -0.2) is 9.67 Å². The molecule has 0 unspecified atom stereocenters. The Balaban J connectivity index is 1.64. The second-order valence-corrected chi connectivity index (χ2v) is 8.30. The van der Waals surface area contributed by atoms with Crippen molar-refractivity contribution in [2.24, 2.45) is 0 Å². The number of hydrogen-bond acceptors (Lipinski definition) is 5. The van der Waals surface area contributed by atoms with Crippen LogP contribution >= 0.6 is 0 Å². The first kappa shape index (κ1) is 20.0. The number of ether oxygens (including phenoxy) is 1. The highest BCUT2D eigenvalue weighted by atomic mass is 16.5. The molecule has 3 aromatic carbocycles. The SMILES string of the molecule is COc1ccc(Cn2c(=O)c3c(N)n(-c4c(C)ccc5nc[nH]c45)nc3c3ccccc32)cc1. The zero-order valence-electron chi connectivity index (χ0n) is 18.7. The van der Waals surface area contributed by atoms with Crippen molar-refractivity contribution >= 4 is 38.7 Å². The van der Waals surface area contributed by atoms with Gasteiger partial charge in [-0.3, -0.25) is 4.79 Å². The van der Waals surface area contributed by atoms with Crippen LogP contribution in [0.1, 0.15) is 11.1 Å². The lowest BCUT2D eigenvalue weighted by Gasteiger charge is -2.12. The second-order valence-electron chi connectivity index (χ2n) is 8.30. The van der Waals surface area contributed by atoms with Gasteiger partial charge in [0, 0.05) is 5.39 Å². The molecule has 0 aliphatic carbocycles. The molecule has 0 fully saturated rings. The first-order valence-electron chi connectivity index (χ1n) is 10.9. The standard InChI is InChI=1S/C26H22N6O2/c1-15-7-12-19-23(29-14-28-19)24(15)32-25(27)21-22(30-32)18-5-3-4-6-20(18)31(26(21)33)13-16-8-10-17(34-2)11-9-16/h3-12,14H,13,27H2,1-2H3,(H,28,29). The highest BCUT2D eigenvalue weighted by Gasteiger charge is 2.21. The average Bonchev–Trinajstić information content (AvgIpc) is 3.47. The topological polar surface area (TPSA) is 104 Å². The Morgan fingerprint density at radius 1 is 1.06 bits per heavy atom. The predicted octanol–water partition coefficient (Wildman–Crippen LogP) is 4.16. The number of aromatic amines is 1. The third-order valence-corrected chi connectivity index (χ3v) is 6.31. The molecule has 0 spiro atoms. The molecule has 0 saturated carbocycles. The first-order valence-corrected chi connectivity index (χ1v) is 10.9. The summed E-state index contributed by atoms with van der Waals surface area (Å²) in [5.74, 6) is 1.07. The van der Waals surface area contributed by atoms with Crippen molar-refractivity contribution in [3.63, 3.8) is 0 Å². The largest absolute Gasteiger partial charge is 0.497 e. The average molecular weight is 451 g/mol. The molecule has 8 nitrogen and oxygen atoms in total. The summed E-state index contributed by atoms with van der Waals surface area (Å²) in [6.45, 7) is 2.39. The predicted molar refractivity (Wildman–Crippen MR) is 134 cm³/mol. The zero-order chi connectivity index (χ0) is 23.4. The van der Waals surface area contributed by atoms with E-state index in [1.165, 1.54) is 0 Å². The highest BCUT2D eigenvalue weighted by molar-refractivity contribution is 6.07. The summed E-state index contributed by atoms with van der Waals surface area (Å²) in [5.41, 5.74) is 12.2. The Labute approximate surface area is 194 Å². The van der Waals surface area contributed by atoms with Crippen molar-refractivity contribution in [2.75, 3.05) is 12.8 Å². The van der Waals surface area contributed by atoms with Crippen LogP contribution in [0, 0.1) is 6.92 Å². The maximum absolute atomic E-state index is 13.8. The van der Waals surface area contributed by atoms with Crippen LogP contribution in [0.3, 0.4) is 0 Å². The number of aryl methyl sites for hydroxylation is 1. The van der Waals surface area contributed by atoms with E-state index in [1.807, 2.05) is 67.6 Å². The fourth-order valence-corrected chi connectivity index (χ4v) is 4.60. The number of hydrogen-bond donors (Lipinski definition) is 2. The minimum absolute atomic E-state index is 0.178. The molecule has 8 heteroatoms. The summed E-state index contributed by atoms with van der Waals surface area (Å²) in [6.07, 6.45) is 1.64. The molecule has 0 bridgehead atoms. The number of nitrogens with two attached hydrogens (primary N) is 1. The third kappa shape index (κ3) is 2.88. The van der Waals surface area contributed by atoms with Gasteiger partial charge in [-0.2, -0.15) is 5.10 Å². The molecule has 0 radical (unpaired) electrons. The fraction of sp³-hybridized carbons (Fsp3) is 0.115. The minimum Gasteiger partial charge on any atom is -0.497 e. The van der Waals surface area contributed by atoms with Crippen molar-refractivity contribution in [3.8, 4) is 11.4 Å². The van der Waals surface area contributed by atoms with Crippen molar-refractivity contribution in [1.29, 1.82) is 0 Å². The van der Waals surface area contributed by atoms with Gasteiger partial charge >= 0.3 is 0 Å². The molecule has 0 atom stereocenters. The van der Waals surface area contributed by atoms with E-state index in [1.54, 1.807) is 22.7 Å². The van der Waals surface area contributed by atoms with E-state index in [0.29, 0.717) is 23.3 Å². The van der Waals surface area contributed by atoms with Crippen LogP contribution in [0.25, 0.3) is 38.5 Å². The Morgan fingerprint density at radius 3 is 2.65 bits per heavy atom. The van der Waals surface area contributed by atoms with Gasteiger partial charge < -0.3 is 20.0 Å². The number of benzene rings is 3. The van der Waals surface area contributed by atoms with E-state index in [-0.39, 0.29) is 5.56 Å². The lowest BCUT2D eigenvalue weighted by atomic mass is 10.1. The molecular formula is C26H22N6O2. The summed E-state index contributed by atoms with van der Waals surface area (Å²) >= 11 is 0. The van der Waals surface area contributed by atoms with Gasteiger partial charge in [-0.15, -0.1) is 0 Å². The van der Waals surface area contributed by atoms with Crippen LogP contribution in [0.15, 0.2) is 71.8 Å². The smallest absolute Gasteiger partial charge is 0.264 e. The molecule has 3 N–H and O–H groups in total. The van der Waals surface area contributed by atoms with Crippen molar-refractivity contribution < 1.29 is 4.74 Å². The van der Waals surface area contributed by atoms with Gasteiger partial charge in [-0.1, -0.05) is 36.4 Å². The van der Waals surface area contributed by atoms with E-state index in [0.717, 1.165) is 44.5 Å². The Bertz CT molecular complexity index is 1760. The number of fused-ring (bicyclic) bond motifs is 4. The van der Waals surface area contributed by atoms with Gasteiger partial charge in [0.15, 0.2) is 0 Å². The number of para-hydroxylation sites is 1. The summed E-state index contributed by atoms with van der Waals surface area (Å²) in [6, 6.07) is 19.4. The summed E-state index contributed by atoms with van der Waals surface area (Å²) in [5, 5.41) is 6.12. The number of pyridine rings is 1. The van der Waals surface area contributed by atoms with Crippen LogP contribution in [-0.2, 0) is 6.54 Å². The quantitative estimate of drug-likeness (QED) is 0.420. The van der Waals surface area contributed by atoms with Crippen molar-refractivity contribution in [1.82, 2.24) is 24.3 Å². The molecule has 0 aliphatic heterocycles. The fourth-order valence-electron chi connectivity index (χ4n) is 4.60. The van der Waals surface area contributed by atoms with E-state index in [9.17, 15) is 4.79 Å². The molecule has 3 aromatic heterocycles. The Kier molecular flexibility index (Phi) is 4.41. The van der Waals surface area contributed by atoms with Gasteiger partial charge in [0.05, 0.1) is 42.2 Å². The lowest BCUT2D eigenvalue weighted by Crippen LogP contribution is -2.22.